The molecule has 1 rings (SSSR count). The lowest BCUT2D eigenvalue weighted by atomic mass is 9.87. The topological polar surface area (TPSA) is 37.3 Å². The predicted molar refractivity (Wildman–Crippen MR) is 66.4 cm³/mol. The first kappa shape index (κ1) is 13.0. The van der Waals surface area contributed by atoms with Gasteiger partial charge in [0.2, 0.25) is 0 Å². The summed E-state index contributed by atoms with van der Waals surface area (Å²) in [5.41, 5.74) is 3.76. The molecule has 0 aliphatic rings. The van der Waals surface area contributed by atoms with Crippen molar-refractivity contribution >= 4 is 17.9 Å². The molecule has 16 heavy (non-hydrogen) atoms. The van der Waals surface area contributed by atoms with Gasteiger partial charge in [-0.2, -0.15) is 0 Å². The molecule has 1 atom stereocenters. The summed E-state index contributed by atoms with van der Waals surface area (Å²) < 4.78 is 0. The van der Waals surface area contributed by atoms with Crippen molar-refractivity contribution in [3.05, 3.63) is 27.3 Å². The Morgan fingerprint density at radius 1 is 1.25 bits per heavy atom. The number of rotatable bonds is 3. The lowest BCUT2D eigenvalue weighted by molar-refractivity contribution is -0.108. The van der Waals surface area contributed by atoms with Gasteiger partial charge in [-0.05, 0) is 48.9 Å². The highest BCUT2D eigenvalue weighted by Gasteiger charge is 2.19. The van der Waals surface area contributed by atoms with Crippen molar-refractivity contribution in [3.63, 3.8) is 0 Å². The van der Waals surface area contributed by atoms with E-state index in [0.29, 0.717) is 11.4 Å². The highest BCUT2D eigenvalue weighted by Crippen LogP contribution is 2.39. The summed E-state index contributed by atoms with van der Waals surface area (Å²) in [5, 5.41) is 10.2. The molecule has 0 bridgehead atoms. The van der Waals surface area contributed by atoms with Crippen LogP contribution in [0.1, 0.15) is 41.5 Å². The Hall–Kier alpha value is -1.02. The van der Waals surface area contributed by atoms with Gasteiger partial charge in [-0.15, -0.1) is 0 Å². The molecule has 0 amide bonds. The number of benzene rings is 1. The zero-order valence-electron chi connectivity index (χ0n) is 10.1. The van der Waals surface area contributed by atoms with Crippen LogP contribution in [0.5, 0.6) is 5.75 Å². The fourth-order valence-electron chi connectivity index (χ4n) is 2.12. The summed E-state index contributed by atoms with van der Waals surface area (Å²) in [6.07, 6.45) is 1.39. The van der Waals surface area contributed by atoms with Crippen LogP contribution < -0.4 is 0 Å². The van der Waals surface area contributed by atoms with E-state index in [0.717, 1.165) is 28.5 Å². The molecular weight excluding hydrogens is 224 g/mol. The molecule has 0 heterocycles. The van der Waals surface area contributed by atoms with Crippen molar-refractivity contribution in [3.8, 4) is 5.75 Å². The monoisotopic (exact) mass is 240 g/mol. The number of carbonyl (C=O) groups is 1. The van der Waals surface area contributed by atoms with E-state index in [1.807, 2.05) is 27.7 Å². The minimum Gasteiger partial charge on any atom is -0.506 e. The first-order valence-corrected chi connectivity index (χ1v) is 5.71. The Labute approximate surface area is 101 Å². The minimum atomic E-state index is 0.134. The van der Waals surface area contributed by atoms with E-state index in [-0.39, 0.29) is 11.7 Å². The van der Waals surface area contributed by atoms with Crippen LogP contribution in [0.15, 0.2) is 0 Å². The number of hydrogen-bond donors (Lipinski definition) is 1. The smallest absolute Gasteiger partial charge is 0.137 e. The van der Waals surface area contributed by atoms with Crippen molar-refractivity contribution in [2.45, 2.75) is 40.0 Å². The molecule has 1 aromatic carbocycles. The van der Waals surface area contributed by atoms with Crippen molar-refractivity contribution in [2.24, 2.45) is 0 Å². The summed E-state index contributed by atoms with van der Waals surface area (Å²) in [5.74, 6) is 0.285. The van der Waals surface area contributed by atoms with Gasteiger partial charge in [0.25, 0.3) is 0 Å². The van der Waals surface area contributed by atoms with E-state index in [4.69, 9.17) is 11.6 Å². The first-order chi connectivity index (χ1) is 7.41. The molecule has 88 valence electrons. The lowest BCUT2D eigenvalue weighted by Gasteiger charge is -2.20. The summed E-state index contributed by atoms with van der Waals surface area (Å²) in [6, 6.07) is 0. The van der Waals surface area contributed by atoms with Gasteiger partial charge in [0.05, 0.1) is 5.02 Å². The molecule has 0 aliphatic carbocycles. The number of phenols is 1. The third-order valence-corrected chi connectivity index (χ3v) is 3.67. The van der Waals surface area contributed by atoms with Crippen molar-refractivity contribution in [1.29, 1.82) is 0 Å². The Morgan fingerprint density at radius 2 is 1.81 bits per heavy atom. The van der Waals surface area contributed by atoms with Crippen LogP contribution in [0, 0.1) is 20.8 Å². The average molecular weight is 241 g/mol. The van der Waals surface area contributed by atoms with Gasteiger partial charge in [0, 0.05) is 6.42 Å². The minimum absolute atomic E-state index is 0.134. The molecule has 1 N–H and O–H groups in total. The van der Waals surface area contributed by atoms with Crippen LogP contribution in [-0.2, 0) is 4.79 Å². The van der Waals surface area contributed by atoms with Crippen LogP contribution >= 0.6 is 11.6 Å². The van der Waals surface area contributed by atoms with Gasteiger partial charge in [0.15, 0.2) is 0 Å². The summed E-state index contributed by atoms with van der Waals surface area (Å²) >= 11 is 6.07. The van der Waals surface area contributed by atoms with E-state index < -0.39 is 0 Å². The molecule has 0 saturated carbocycles. The number of aromatic hydroxyl groups is 1. The largest absolute Gasteiger partial charge is 0.506 e. The zero-order valence-corrected chi connectivity index (χ0v) is 10.9. The van der Waals surface area contributed by atoms with Crippen molar-refractivity contribution < 1.29 is 9.90 Å². The summed E-state index contributed by atoms with van der Waals surface area (Å²) in [6.45, 7) is 7.67. The zero-order chi connectivity index (χ0) is 12.5. The second-order valence-electron chi connectivity index (χ2n) is 4.25. The third kappa shape index (κ3) is 2.07. The Bertz CT molecular complexity index is 395. The normalized spacial score (nSPS) is 12.6. The number of aldehydes is 1. The van der Waals surface area contributed by atoms with E-state index in [1.54, 1.807) is 0 Å². The summed E-state index contributed by atoms with van der Waals surface area (Å²) in [7, 11) is 0. The third-order valence-electron chi connectivity index (χ3n) is 3.21. The van der Waals surface area contributed by atoms with Crippen LogP contribution in [0.25, 0.3) is 0 Å². The molecule has 2 nitrogen and oxygen atoms in total. The Balaban J connectivity index is 3.44. The Morgan fingerprint density at radius 3 is 2.31 bits per heavy atom. The highest BCUT2D eigenvalue weighted by atomic mass is 35.5. The van der Waals surface area contributed by atoms with Gasteiger partial charge >= 0.3 is 0 Å². The van der Waals surface area contributed by atoms with Gasteiger partial charge in [0.1, 0.15) is 12.0 Å². The van der Waals surface area contributed by atoms with Crippen LogP contribution in [-0.4, -0.2) is 11.4 Å². The number of carbonyl (C=O) groups excluding carboxylic acids is 1. The maximum absolute atomic E-state index is 10.6. The van der Waals surface area contributed by atoms with Gasteiger partial charge in [-0.25, -0.2) is 0 Å². The number of hydrogen-bond acceptors (Lipinski definition) is 2. The second kappa shape index (κ2) is 4.88. The predicted octanol–water partition coefficient (Wildman–Crippen LogP) is 3.66. The maximum atomic E-state index is 10.6. The molecule has 0 saturated heterocycles. The lowest BCUT2D eigenvalue weighted by Crippen LogP contribution is -2.03. The molecule has 0 aliphatic heterocycles. The average Bonchev–Trinajstić information content (AvgIpc) is 2.24. The molecule has 0 fully saturated rings. The van der Waals surface area contributed by atoms with E-state index >= 15 is 0 Å². The Kier molecular flexibility index (Phi) is 3.98. The van der Waals surface area contributed by atoms with E-state index in [2.05, 4.69) is 0 Å². The molecular formula is C13H17ClO2. The van der Waals surface area contributed by atoms with E-state index in [9.17, 15) is 9.90 Å². The first-order valence-electron chi connectivity index (χ1n) is 5.33. The molecule has 0 spiro atoms. The number of halogens is 1. The molecule has 0 radical (unpaired) electrons. The SMILES string of the molecule is Cc1c(C)c(C(C)CC=O)c(C)c(Cl)c1O. The second-order valence-corrected chi connectivity index (χ2v) is 4.63. The standard InChI is InChI=1S/C13H17ClO2/c1-7(5-6-15)11-8(2)9(3)13(16)12(14)10(11)4/h6-7,16H,5H2,1-4H3. The van der Waals surface area contributed by atoms with Crippen molar-refractivity contribution in [2.75, 3.05) is 0 Å². The summed E-state index contributed by atoms with van der Waals surface area (Å²) in [4.78, 5) is 10.6. The van der Waals surface area contributed by atoms with Gasteiger partial charge < -0.3 is 9.90 Å². The van der Waals surface area contributed by atoms with Gasteiger partial charge in [-0.3, -0.25) is 0 Å². The van der Waals surface area contributed by atoms with E-state index in [1.165, 1.54) is 0 Å². The quantitative estimate of drug-likeness (QED) is 0.819. The highest BCUT2D eigenvalue weighted by molar-refractivity contribution is 6.33. The number of phenolic OH excluding ortho intramolecular Hbond substituents is 1. The molecule has 1 unspecified atom stereocenters. The molecule has 3 heteroatoms. The van der Waals surface area contributed by atoms with Crippen LogP contribution in [0.4, 0.5) is 0 Å². The van der Waals surface area contributed by atoms with Crippen molar-refractivity contribution in [1.82, 2.24) is 0 Å². The van der Waals surface area contributed by atoms with Crippen LogP contribution in [0.3, 0.4) is 0 Å². The van der Waals surface area contributed by atoms with Gasteiger partial charge in [-0.1, -0.05) is 18.5 Å². The van der Waals surface area contributed by atoms with Crippen LogP contribution in [0.2, 0.25) is 5.02 Å². The maximum Gasteiger partial charge on any atom is 0.137 e. The molecule has 0 aromatic heterocycles. The molecule has 1 aromatic rings. The fourth-order valence-corrected chi connectivity index (χ4v) is 2.37. The fraction of sp³-hybridized carbons (Fsp3) is 0.462.